The highest BCUT2D eigenvalue weighted by molar-refractivity contribution is 7.19. The van der Waals surface area contributed by atoms with Crippen LogP contribution >= 0.6 is 11.3 Å². The highest BCUT2D eigenvalue weighted by Crippen LogP contribution is 2.45. The second kappa shape index (κ2) is 7.59. The van der Waals surface area contributed by atoms with E-state index in [1.54, 1.807) is 36.0 Å². The zero-order chi connectivity index (χ0) is 19.7. The second-order valence-corrected chi connectivity index (χ2v) is 9.19. The van der Waals surface area contributed by atoms with Crippen LogP contribution in [0.25, 0.3) is 10.2 Å². The van der Waals surface area contributed by atoms with Gasteiger partial charge in [-0.2, -0.15) is 5.10 Å². The molecule has 146 valence electrons. The molecule has 0 saturated heterocycles. The molecule has 1 aliphatic carbocycles. The number of rotatable bonds is 5. The number of aromatic nitrogens is 2. The van der Waals surface area contributed by atoms with Gasteiger partial charge in [0, 0.05) is 4.88 Å². The van der Waals surface area contributed by atoms with Crippen LogP contribution in [0.3, 0.4) is 0 Å². The Morgan fingerprint density at radius 3 is 2.82 bits per heavy atom. The summed E-state index contributed by atoms with van der Waals surface area (Å²) in [6, 6.07) is 6.24. The third-order valence-electron chi connectivity index (χ3n) is 6.11. The van der Waals surface area contributed by atoms with E-state index in [9.17, 15) is 4.39 Å². The van der Waals surface area contributed by atoms with E-state index in [-0.39, 0.29) is 5.82 Å². The molecule has 0 fully saturated rings. The predicted molar refractivity (Wildman–Crippen MR) is 115 cm³/mol. The van der Waals surface area contributed by atoms with Gasteiger partial charge in [0.15, 0.2) is 5.82 Å². The number of nitrogens with one attached hydrogen (secondary N) is 1. The lowest BCUT2D eigenvalue weighted by molar-refractivity contribution is 0.184. The first-order valence-corrected chi connectivity index (χ1v) is 10.6. The molecule has 1 unspecified atom stereocenters. The van der Waals surface area contributed by atoms with Gasteiger partial charge in [0.05, 0.1) is 11.6 Å². The van der Waals surface area contributed by atoms with Crippen LogP contribution in [0.5, 0.6) is 0 Å². The molecule has 28 heavy (non-hydrogen) atoms. The quantitative estimate of drug-likeness (QED) is 0.437. The molecule has 3 aromatic rings. The van der Waals surface area contributed by atoms with E-state index in [0.717, 1.165) is 34.4 Å². The molecule has 2 aromatic heterocycles. The Labute approximate surface area is 168 Å². The van der Waals surface area contributed by atoms with Gasteiger partial charge in [-0.05, 0) is 53.9 Å². The van der Waals surface area contributed by atoms with Crippen LogP contribution in [-0.4, -0.2) is 16.2 Å². The van der Waals surface area contributed by atoms with E-state index in [2.05, 4.69) is 41.3 Å². The lowest BCUT2D eigenvalue weighted by Crippen LogP contribution is -2.28. The first-order valence-electron chi connectivity index (χ1n) is 9.78. The summed E-state index contributed by atoms with van der Waals surface area (Å²) in [6.07, 6.45) is 7.86. The lowest BCUT2D eigenvalue weighted by atomic mass is 9.69. The fraction of sp³-hybridized carbons (Fsp3) is 0.409. The van der Waals surface area contributed by atoms with Gasteiger partial charge in [-0.25, -0.2) is 14.4 Å². The number of thiophene rings is 1. The van der Waals surface area contributed by atoms with Crippen molar-refractivity contribution in [3.63, 3.8) is 0 Å². The van der Waals surface area contributed by atoms with Crippen LogP contribution in [0.4, 0.5) is 10.2 Å². The van der Waals surface area contributed by atoms with Gasteiger partial charge < -0.3 is 0 Å². The maximum atomic E-state index is 13.0. The number of nitrogens with zero attached hydrogens (tertiary/aromatic N) is 3. The van der Waals surface area contributed by atoms with E-state index in [4.69, 9.17) is 0 Å². The average Bonchev–Trinajstić information content (AvgIpc) is 3.08. The first-order chi connectivity index (χ1) is 13.5. The van der Waals surface area contributed by atoms with Gasteiger partial charge in [0.1, 0.15) is 17.0 Å². The fourth-order valence-electron chi connectivity index (χ4n) is 3.87. The summed E-state index contributed by atoms with van der Waals surface area (Å²) >= 11 is 1.78. The van der Waals surface area contributed by atoms with Crippen LogP contribution in [-0.2, 0) is 12.8 Å². The highest BCUT2D eigenvalue weighted by atomic mass is 32.1. The molecular formula is C22H25FN4S. The molecule has 4 rings (SSSR count). The molecule has 0 saturated carbocycles. The normalized spacial score (nSPS) is 17.2. The van der Waals surface area contributed by atoms with E-state index >= 15 is 0 Å². The molecule has 1 aliphatic rings. The van der Waals surface area contributed by atoms with Crippen molar-refractivity contribution in [3.05, 3.63) is 52.4 Å². The average molecular weight is 397 g/mol. The van der Waals surface area contributed by atoms with E-state index < -0.39 is 0 Å². The summed E-state index contributed by atoms with van der Waals surface area (Å²) in [6.45, 7) is 7.03. The summed E-state index contributed by atoms with van der Waals surface area (Å²) in [7, 11) is 0. The Morgan fingerprint density at radius 2 is 2.07 bits per heavy atom. The largest absolute Gasteiger partial charge is 0.261 e. The molecule has 1 atom stereocenters. The molecule has 0 spiro atoms. The molecule has 0 bridgehead atoms. The molecule has 1 N–H and O–H groups in total. The van der Waals surface area contributed by atoms with Crippen molar-refractivity contribution in [1.82, 2.24) is 9.97 Å². The van der Waals surface area contributed by atoms with Crippen LogP contribution < -0.4 is 5.43 Å². The van der Waals surface area contributed by atoms with Gasteiger partial charge in [-0.1, -0.05) is 39.3 Å². The molecular weight excluding hydrogens is 371 g/mol. The molecule has 0 radical (unpaired) electrons. The van der Waals surface area contributed by atoms with Crippen molar-refractivity contribution >= 4 is 33.6 Å². The predicted octanol–water partition coefficient (Wildman–Crippen LogP) is 5.82. The van der Waals surface area contributed by atoms with Gasteiger partial charge in [-0.15, -0.1) is 11.3 Å². The fourth-order valence-corrected chi connectivity index (χ4v) is 5.05. The monoisotopic (exact) mass is 396 g/mol. The molecule has 4 nitrogen and oxygen atoms in total. The van der Waals surface area contributed by atoms with Crippen molar-refractivity contribution in [2.75, 3.05) is 5.43 Å². The van der Waals surface area contributed by atoms with Crippen molar-refractivity contribution in [2.24, 2.45) is 16.4 Å². The Hall–Kier alpha value is -2.34. The van der Waals surface area contributed by atoms with Crippen LogP contribution in [0.2, 0.25) is 0 Å². The topological polar surface area (TPSA) is 50.2 Å². The summed E-state index contributed by atoms with van der Waals surface area (Å²) in [5.74, 6) is 1.16. The van der Waals surface area contributed by atoms with Crippen molar-refractivity contribution in [3.8, 4) is 0 Å². The minimum atomic E-state index is -0.253. The number of benzene rings is 1. The number of anilines is 1. The van der Waals surface area contributed by atoms with E-state index in [0.29, 0.717) is 11.3 Å². The molecule has 6 heteroatoms. The van der Waals surface area contributed by atoms with Crippen LogP contribution in [0, 0.1) is 17.2 Å². The maximum absolute atomic E-state index is 13.0. The van der Waals surface area contributed by atoms with E-state index in [1.807, 2.05) is 0 Å². The zero-order valence-corrected chi connectivity index (χ0v) is 17.3. The minimum Gasteiger partial charge on any atom is -0.261 e. The third-order valence-corrected chi connectivity index (χ3v) is 7.31. The standard InChI is InChI=1S/C22H25FN4S/c1-4-22(2,3)15-7-10-18-17(11-15)19-20(24-13-25-21(19)28-18)27-26-12-14-5-8-16(23)9-6-14/h5-6,8-9,12-13,15H,4,7,10-11H2,1-3H3,(H,24,25,27)/b26-12-. The van der Waals surface area contributed by atoms with Crippen molar-refractivity contribution < 1.29 is 4.39 Å². The Morgan fingerprint density at radius 1 is 1.29 bits per heavy atom. The maximum Gasteiger partial charge on any atom is 0.158 e. The molecule has 2 heterocycles. The molecule has 0 amide bonds. The number of fused-ring (bicyclic) bond motifs is 3. The van der Waals surface area contributed by atoms with Gasteiger partial charge >= 0.3 is 0 Å². The Kier molecular flexibility index (Phi) is 5.15. The number of halogens is 1. The first kappa shape index (κ1) is 19.0. The summed E-state index contributed by atoms with van der Waals surface area (Å²) in [5.41, 5.74) is 5.63. The lowest BCUT2D eigenvalue weighted by Gasteiger charge is -2.36. The van der Waals surface area contributed by atoms with Gasteiger partial charge in [0.25, 0.3) is 0 Å². The van der Waals surface area contributed by atoms with Gasteiger partial charge in [0.2, 0.25) is 0 Å². The van der Waals surface area contributed by atoms with Crippen LogP contribution in [0.15, 0.2) is 35.7 Å². The van der Waals surface area contributed by atoms with E-state index in [1.165, 1.54) is 35.4 Å². The number of aryl methyl sites for hydroxylation is 1. The van der Waals surface area contributed by atoms with Crippen molar-refractivity contribution in [1.29, 1.82) is 0 Å². The Bertz CT molecular complexity index is 1010. The zero-order valence-electron chi connectivity index (χ0n) is 16.5. The van der Waals surface area contributed by atoms with Crippen LogP contribution in [0.1, 0.15) is 49.6 Å². The smallest absolute Gasteiger partial charge is 0.158 e. The second-order valence-electron chi connectivity index (χ2n) is 8.11. The third kappa shape index (κ3) is 3.65. The number of hydrazone groups is 1. The SMILES string of the molecule is CCC(C)(C)C1CCc2sc3ncnc(N/N=C\c4ccc(F)cc4)c3c2C1. The molecule has 1 aromatic carbocycles. The summed E-state index contributed by atoms with van der Waals surface area (Å²) in [4.78, 5) is 11.4. The summed E-state index contributed by atoms with van der Waals surface area (Å²) < 4.78 is 13.0. The minimum absolute atomic E-state index is 0.253. The number of hydrogen-bond acceptors (Lipinski definition) is 5. The Balaban J connectivity index is 1.63. The van der Waals surface area contributed by atoms with Crippen molar-refractivity contribution in [2.45, 2.75) is 46.5 Å². The highest BCUT2D eigenvalue weighted by Gasteiger charge is 2.33. The summed E-state index contributed by atoms with van der Waals surface area (Å²) in [5, 5.41) is 5.43. The van der Waals surface area contributed by atoms with Gasteiger partial charge in [-0.3, -0.25) is 5.43 Å². The molecule has 0 aliphatic heterocycles. The number of hydrogen-bond donors (Lipinski definition) is 1.